The van der Waals surface area contributed by atoms with Gasteiger partial charge in [0.15, 0.2) is 5.89 Å². The lowest BCUT2D eigenvalue weighted by molar-refractivity contribution is 0.0719. The van der Waals surface area contributed by atoms with Gasteiger partial charge in [0.25, 0.3) is 0 Å². The van der Waals surface area contributed by atoms with Gasteiger partial charge < -0.3 is 14.3 Å². The van der Waals surface area contributed by atoms with Crippen LogP contribution in [0.5, 0.6) is 0 Å². The predicted octanol–water partition coefficient (Wildman–Crippen LogP) is 1.49. The van der Waals surface area contributed by atoms with E-state index in [1.54, 1.807) is 13.1 Å². The molecule has 2 unspecified atom stereocenters. The minimum atomic E-state index is -0.381. The van der Waals surface area contributed by atoms with Crippen LogP contribution >= 0.6 is 0 Å². The van der Waals surface area contributed by atoms with Crippen molar-refractivity contribution >= 4 is 0 Å². The van der Waals surface area contributed by atoms with Crippen LogP contribution in [0.2, 0.25) is 0 Å². The number of aliphatic hydroxyl groups is 1. The number of ether oxygens (including phenoxy) is 1. The molecule has 1 aromatic heterocycles. The molecule has 1 N–H and O–H groups in total. The first-order chi connectivity index (χ1) is 7.25. The Morgan fingerprint density at radius 3 is 3.20 bits per heavy atom. The summed E-state index contributed by atoms with van der Waals surface area (Å²) < 4.78 is 11.0. The van der Waals surface area contributed by atoms with Crippen LogP contribution in [0.1, 0.15) is 37.3 Å². The van der Waals surface area contributed by atoms with E-state index >= 15 is 0 Å². The van der Waals surface area contributed by atoms with Crippen molar-refractivity contribution in [2.24, 2.45) is 0 Å². The average molecular weight is 211 g/mol. The summed E-state index contributed by atoms with van der Waals surface area (Å²) in [6, 6.07) is 0. The summed E-state index contributed by atoms with van der Waals surface area (Å²) in [5.74, 6) is 1.80. The smallest absolute Gasteiger partial charge is 0.199 e. The molecule has 0 amide bonds. The molecule has 0 bridgehead atoms. The Morgan fingerprint density at radius 2 is 2.53 bits per heavy atom. The lowest BCUT2D eigenvalue weighted by Gasteiger charge is -2.18. The zero-order valence-corrected chi connectivity index (χ0v) is 8.98. The summed E-state index contributed by atoms with van der Waals surface area (Å²) in [6.07, 6.45) is 4.00. The fraction of sp³-hybridized carbons (Fsp3) is 0.727. The van der Waals surface area contributed by atoms with E-state index in [4.69, 9.17) is 9.15 Å². The Balaban J connectivity index is 1.99. The van der Waals surface area contributed by atoms with Crippen LogP contribution in [0.15, 0.2) is 10.6 Å². The van der Waals surface area contributed by atoms with E-state index < -0.39 is 0 Å². The molecule has 4 heteroatoms. The van der Waals surface area contributed by atoms with Crippen molar-refractivity contribution in [2.45, 2.75) is 38.2 Å². The van der Waals surface area contributed by atoms with E-state index in [2.05, 4.69) is 4.98 Å². The maximum absolute atomic E-state index is 9.21. The standard InChI is InChI=1S/C11H17NO3/c1-8(13)5-10-6-12-11(15-10)9-3-2-4-14-7-9/h6,8-9,13H,2-5,7H2,1H3. The van der Waals surface area contributed by atoms with Crippen LogP contribution in [-0.4, -0.2) is 29.4 Å². The SMILES string of the molecule is CC(O)Cc1cnc(C2CCCOC2)o1. The lowest BCUT2D eigenvalue weighted by Crippen LogP contribution is -2.15. The molecule has 4 nitrogen and oxygen atoms in total. The van der Waals surface area contributed by atoms with Crippen LogP contribution in [0, 0.1) is 0 Å². The second kappa shape index (κ2) is 4.77. The van der Waals surface area contributed by atoms with Crippen LogP contribution in [0.3, 0.4) is 0 Å². The first-order valence-corrected chi connectivity index (χ1v) is 5.46. The van der Waals surface area contributed by atoms with Gasteiger partial charge in [-0.05, 0) is 19.8 Å². The molecule has 0 aliphatic carbocycles. The molecular weight excluding hydrogens is 194 g/mol. The Labute approximate surface area is 89.3 Å². The largest absolute Gasteiger partial charge is 0.445 e. The second-order valence-corrected chi connectivity index (χ2v) is 4.13. The molecule has 2 heterocycles. The fourth-order valence-corrected chi connectivity index (χ4v) is 1.83. The number of nitrogens with zero attached hydrogens (tertiary/aromatic N) is 1. The van der Waals surface area contributed by atoms with E-state index in [0.29, 0.717) is 18.9 Å². The van der Waals surface area contributed by atoms with Crippen molar-refractivity contribution < 1.29 is 14.3 Å². The third-order valence-corrected chi connectivity index (χ3v) is 2.58. The van der Waals surface area contributed by atoms with Crippen LogP contribution in [-0.2, 0) is 11.2 Å². The summed E-state index contributed by atoms with van der Waals surface area (Å²) in [5, 5.41) is 9.21. The molecule has 1 aliphatic rings. The summed E-state index contributed by atoms with van der Waals surface area (Å²) in [6.45, 7) is 3.29. The molecule has 0 spiro atoms. The van der Waals surface area contributed by atoms with Crippen LogP contribution in [0.25, 0.3) is 0 Å². The van der Waals surface area contributed by atoms with Gasteiger partial charge in [0.1, 0.15) is 5.76 Å². The van der Waals surface area contributed by atoms with Crippen molar-refractivity contribution in [1.82, 2.24) is 4.98 Å². The normalized spacial score (nSPS) is 24.0. The quantitative estimate of drug-likeness (QED) is 0.823. The van der Waals surface area contributed by atoms with Crippen molar-refractivity contribution in [1.29, 1.82) is 0 Å². The molecule has 1 fully saturated rings. The molecule has 2 atom stereocenters. The number of aliphatic hydroxyl groups excluding tert-OH is 1. The molecule has 1 aliphatic heterocycles. The van der Waals surface area contributed by atoms with E-state index in [-0.39, 0.29) is 6.10 Å². The Bertz CT molecular complexity index is 303. The van der Waals surface area contributed by atoms with Crippen molar-refractivity contribution in [3.8, 4) is 0 Å². The van der Waals surface area contributed by atoms with Crippen molar-refractivity contribution in [3.05, 3.63) is 17.8 Å². The zero-order valence-electron chi connectivity index (χ0n) is 8.98. The van der Waals surface area contributed by atoms with Gasteiger partial charge in [-0.2, -0.15) is 0 Å². The average Bonchev–Trinajstić information content (AvgIpc) is 2.67. The summed E-state index contributed by atoms with van der Waals surface area (Å²) in [4.78, 5) is 4.24. The number of hydrogen-bond acceptors (Lipinski definition) is 4. The maximum Gasteiger partial charge on any atom is 0.199 e. The van der Waals surface area contributed by atoms with E-state index in [1.807, 2.05) is 0 Å². The molecule has 15 heavy (non-hydrogen) atoms. The van der Waals surface area contributed by atoms with Crippen molar-refractivity contribution in [3.63, 3.8) is 0 Å². The van der Waals surface area contributed by atoms with Gasteiger partial charge in [-0.3, -0.25) is 0 Å². The number of hydrogen-bond donors (Lipinski definition) is 1. The highest BCUT2D eigenvalue weighted by Gasteiger charge is 2.21. The fourth-order valence-electron chi connectivity index (χ4n) is 1.83. The van der Waals surface area contributed by atoms with Crippen LogP contribution in [0.4, 0.5) is 0 Å². The molecular formula is C11H17NO3. The molecule has 1 saturated heterocycles. The molecule has 2 rings (SSSR count). The van der Waals surface area contributed by atoms with Gasteiger partial charge in [-0.25, -0.2) is 4.98 Å². The van der Waals surface area contributed by atoms with E-state index in [9.17, 15) is 5.11 Å². The van der Waals surface area contributed by atoms with Gasteiger partial charge in [0.2, 0.25) is 0 Å². The Morgan fingerprint density at radius 1 is 1.67 bits per heavy atom. The summed E-state index contributed by atoms with van der Waals surface area (Å²) >= 11 is 0. The first-order valence-electron chi connectivity index (χ1n) is 5.46. The molecule has 0 saturated carbocycles. The van der Waals surface area contributed by atoms with E-state index in [1.165, 1.54) is 0 Å². The topological polar surface area (TPSA) is 55.5 Å². The first kappa shape index (κ1) is 10.6. The summed E-state index contributed by atoms with van der Waals surface area (Å²) in [7, 11) is 0. The van der Waals surface area contributed by atoms with Gasteiger partial charge >= 0.3 is 0 Å². The summed E-state index contributed by atoms with van der Waals surface area (Å²) in [5.41, 5.74) is 0. The second-order valence-electron chi connectivity index (χ2n) is 4.13. The highest BCUT2D eigenvalue weighted by atomic mass is 16.5. The van der Waals surface area contributed by atoms with Gasteiger partial charge in [-0.1, -0.05) is 0 Å². The third-order valence-electron chi connectivity index (χ3n) is 2.58. The van der Waals surface area contributed by atoms with Crippen LogP contribution < -0.4 is 0 Å². The number of aromatic nitrogens is 1. The molecule has 1 aromatic rings. The van der Waals surface area contributed by atoms with Gasteiger partial charge in [0, 0.05) is 13.0 Å². The van der Waals surface area contributed by atoms with Gasteiger partial charge in [-0.15, -0.1) is 0 Å². The number of rotatable bonds is 3. The predicted molar refractivity (Wildman–Crippen MR) is 54.7 cm³/mol. The minimum Gasteiger partial charge on any atom is -0.445 e. The minimum absolute atomic E-state index is 0.293. The monoisotopic (exact) mass is 211 g/mol. The van der Waals surface area contributed by atoms with Gasteiger partial charge in [0.05, 0.1) is 24.8 Å². The highest BCUT2D eigenvalue weighted by molar-refractivity contribution is 5.00. The zero-order chi connectivity index (χ0) is 10.7. The molecule has 0 aromatic carbocycles. The van der Waals surface area contributed by atoms with Crippen molar-refractivity contribution in [2.75, 3.05) is 13.2 Å². The number of oxazole rings is 1. The maximum atomic E-state index is 9.21. The van der Waals surface area contributed by atoms with E-state index in [0.717, 1.165) is 31.1 Å². The Hall–Kier alpha value is -0.870. The third kappa shape index (κ3) is 2.79. The lowest BCUT2D eigenvalue weighted by atomic mass is 10.0. The molecule has 0 radical (unpaired) electrons. The molecule has 84 valence electrons. The Kier molecular flexibility index (Phi) is 3.38. The highest BCUT2D eigenvalue weighted by Crippen LogP contribution is 2.25.